The van der Waals surface area contributed by atoms with Crippen LogP contribution in [-0.4, -0.2) is 16.2 Å². The van der Waals surface area contributed by atoms with Crippen LogP contribution in [-0.2, 0) is 21.7 Å². The Kier molecular flexibility index (Phi) is 9.89. The molecule has 0 saturated carbocycles. The fourth-order valence-electron chi connectivity index (χ4n) is 8.87. The number of pyridine rings is 1. The van der Waals surface area contributed by atoms with E-state index < -0.39 is 0 Å². The lowest BCUT2D eigenvalue weighted by molar-refractivity contribution is 0.483. The summed E-state index contributed by atoms with van der Waals surface area (Å²) < 4.78 is 9.07. The molecule has 8 aromatic rings. The van der Waals surface area contributed by atoms with Crippen LogP contribution in [0.4, 0.5) is 22.7 Å². The molecule has 5 heteroatoms. The molecule has 0 radical (unpaired) electrons. The lowest BCUT2D eigenvalue weighted by Gasteiger charge is -2.31. The zero-order valence-electron chi connectivity index (χ0n) is 38.3. The largest absolute Gasteiger partial charge is 0.457 e. The van der Waals surface area contributed by atoms with E-state index >= 15 is 0 Å². The fraction of sp³-hybridized carbons (Fsp3) is 0.281. The average molecular weight is 817 g/mol. The average Bonchev–Trinajstić information content (AvgIpc) is 3.79. The van der Waals surface area contributed by atoms with Crippen molar-refractivity contribution in [3.63, 3.8) is 0 Å². The van der Waals surface area contributed by atoms with Crippen LogP contribution in [0.1, 0.15) is 104 Å². The Labute approximate surface area is 368 Å². The molecule has 3 heterocycles. The molecular formula is C57H60N4O. The van der Waals surface area contributed by atoms with Crippen LogP contribution >= 0.6 is 0 Å². The highest BCUT2D eigenvalue weighted by molar-refractivity contribution is 6.09. The van der Waals surface area contributed by atoms with Gasteiger partial charge in [-0.25, -0.2) is 4.98 Å². The molecule has 5 nitrogen and oxygen atoms in total. The quantitative estimate of drug-likeness (QED) is 0.160. The highest BCUT2D eigenvalue weighted by Gasteiger charge is 2.33. The second-order valence-corrected chi connectivity index (χ2v) is 20.7. The molecule has 1 aliphatic heterocycles. The Morgan fingerprint density at radius 1 is 0.435 bits per heavy atom. The molecule has 0 aliphatic carbocycles. The van der Waals surface area contributed by atoms with Crippen LogP contribution in [0.25, 0.3) is 27.6 Å². The van der Waals surface area contributed by atoms with Gasteiger partial charge >= 0.3 is 0 Å². The molecule has 0 saturated heterocycles. The molecule has 1 aliphatic rings. The van der Waals surface area contributed by atoms with Gasteiger partial charge in [0.1, 0.15) is 24.0 Å². The summed E-state index contributed by atoms with van der Waals surface area (Å²) in [6.07, 6.45) is 1.93. The van der Waals surface area contributed by atoms with E-state index in [0.717, 1.165) is 34.0 Å². The first-order chi connectivity index (χ1) is 29.4. The SMILES string of the molecule is CC(C)(C)c1cc(N2CN(c3cccc(Oc4ccc5c6ccccc6n(-c6cc(C(C)(C)C)ccn6)c5c4)c3)c3cc(C(C)(C)C)ccc32)cc(C(C)(C)c2ccccc2)c1. The first-order valence-corrected chi connectivity index (χ1v) is 22.1. The molecule has 6 aromatic carbocycles. The summed E-state index contributed by atoms with van der Waals surface area (Å²) in [5, 5.41) is 2.36. The fourth-order valence-corrected chi connectivity index (χ4v) is 8.87. The summed E-state index contributed by atoms with van der Waals surface area (Å²) in [5.41, 5.74) is 13.1. The summed E-state index contributed by atoms with van der Waals surface area (Å²) in [6.45, 7) is 25.9. The number of hydrogen-bond donors (Lipinski definition) is 0. The van der Waals surface area contributed by atoms with Crippen molar-refractivity contribution in [3.8, 4) is 17.3 Å². The van der Waals surface area contributed by atoms with Gasteiger partial charge in [-0.1, -0.05) is 143 Å². The van der Waals surface area contributed by atoms with Gasteiger partial charge in [-0.2, -0.15) is 0 Å². The van der Waals surface area contributed by atoms with Gasteiger partial charge in [-0.3, -0.25) is 4.57 Å². The zero-order chi connectivity index (χ0) is 43.8. The van der Waals surface area contributed by atoms with Gasteiger partial charge in [-0.15, -0.1) is 0 Å². The maximum Gasteiger partial charge on any atom is 0.137 e. The second kappa shape index (κ2) is 14.9. The minimum Gasteiger partial charge on any atom is -0.457 e. The lowest BCUT2D eigenvalue weighted by Crippen LogP contribution is -2.26. The number of hydrogen-bond acceptors (Lipinski definition) is 4. The van der Waals surface area contributed by atoms with Crippen molar-refractivity contribution in [1.82, 2.24) is 9.55 Å². The maximum atomic E-state index is 6.80. The number of fused-ring (bicyclic) bond motifs is 4. The third kappa shape index (κ3) is 7.52. The van der Waals surface area contributed by atoms with Crippen LogP contribution in [0.2, 0.25) is 0 Å². The predicted molar refractivity (Wildman–Crippen MR) is 262 cm³/mol. The van der Waals surface area contributed by atoms with E-state index in [1.165, 1.54) is 55.7 Å². The summed E-state index contributed by atoms with van der Waals surface area (Å²) in [6, 6.07) is 53.0. The van der Waals surface area contributed by atoms with Gasteiger partial charge in [0.15, 0.2) is 0 Å². The summed E-state index contributed by atoms with van der Waals surface area (Å²) in [5.74, 6) is 2.46. The molecule has 0 N–H and O–H groups in total. The molecule has 0 spiro atoms. The van der Waals surface area contributed by atoms with E-state index in [1.54, 1.807) is 0 Å². The standard InChI is InChI=1S/C57H60N4O/c1-54(2,3)39-24-27-50-52(33-39)59(37-60(50)44-31-41(56(7,8)9)30-42(32-44)57(10,11)38-18-13-12-14-19-38)43-20-17-21-45(35-43)62-46-25-26-48-47-22-15-16-23-49(47)61(51(48)36-46)53-34-40(28-29-58-53)55(4,5)6/h12-36H,37H2,1-11H3. The third-order valence-electron chi connectivity index (χ3n) is 12.9. The third-order valence-corrected chi connectivity index (χ3v) is 12.9. The maximum absolute atomic E-state index is 6.80. The number of rotatable bonds is 7. The second-order valence-electron chi connectivity index (χ2n) is 20.7. The van der Waals surface area contributed by atoms with Crippen LogP contribution < -0.4 is 14.5 Å². The first kappa shape index (κ1) is 41.0. The predicted octanol–water partition coefficient (Wildman–Crippen LogP) is 15.4. The summed E-state index contributed by atoms with van der Waals surface area (Å²) >= 11 is 0. The molecule has 0 bridgehead atoms. The molecule has 0 fully saturated rings. The number of benzene rings is 6. The van der Waals surface area contributed by atoms with Crippen LogP contribution in [0.15, 0.2) is 152 Å². The Balaban J connectivity index is 1.11. The number of anilines is 4. The van der Waals surface area contributed by atoms with Gasteiger partial charge < -0.3 is 14.5 Å². The van der Waals surface area contributed by atoms with Crippen molar-refractivity contribution in [2.45, 2.75) is 97.8 Å². The van der Waals surface area contributed by atoms with Gasteiger partial charge in [0.05, 0.1) is 22.4 Å². The van der Waals surface area contributed by atoms with Crippen LogP contribution in [0.5, 0.6) is 11.5 Å². The molecule has 314 valence electrons. The topological polar surface area (TPSA) is 33.5 Å². The van der Waals surface area contributed by atoms with E-state index in [1.807, 2.05) is 6.20 Å². The van der Waals surface area contributed by atoms with Crippen molar-refractivity contribution in [1.29, 1.82) is 0 Å². The summed E-state index contributed by atoms with van der Waals surface area (Å²) in [4.78, 5) is 9.83. The van der Waals surface area contributed by atoms with E-state index in [9.17, 15) is 0 Å². The van der Waals surface area contributed by atoms with Gasteiger partial charge in [-0.05, 0) is 111 Å². The monoisotopic (exact) mass is 816 g/mol. The first-order valence-electron chi connectivity index (χ1n) is 22.1. The zero-order valence-corrected chi connectivity index (χ0v) is 38.3. The Morgan fingerprint density at radius 3 is 1.82 bits per heavy atom. The van der Waals surface area contributed by atoms with Crippen LogP contribution in [0, 0.1) is 0 Å². The number of nitrogens with zero attached hydrogens (tertiary/aromatic N) is 4. The van der Waals surface area contributed by atoms with Crippen molar-refractivity contribution in [2.24, 2.45) is 0 Å². The highest BCUT2D eigenvalue weighted by Crippen LogP contribution is 2.48. The Hall–Kier alpha value is -6.33. The van der Waals surface area contributed by atoms with E-state index in [0.29, 0.717) is 6.67 Å². The molecule has 2 aromatic heterocycles. The minimum absolute atomic E-state index is 0.00434. The number of para-hydroxylation sites is 1. The number of ether oxygens (including phenoxy) is 1. The molecule has 62 heavy (non-hydrogen) atoms. The lowest BCUT2D eigenvalue weighted by atomic mass is 9.75. The summed E-state index contributed by atoms with van der Waals surface area (Å²) in [7, 11) is 0. The molecular weight excluding hydrogens is 757 g/mol. The van der Waals surface area contributed by atoms with E-state index in [2.05, 4.69) is 236 Å². The van der Waals surface area contributed by atoms with Gasteiger partial charge in [0, 0.05) is 45.9 Å². The van der Waals surface area contributed by atoms with E-state index in [4.69, 9.17) is 9.72 Å². The minimum atomic E-state index is -0.189. The normalized spacial score (nSPS) is 13.6. The van der Waals surface area contributed by atoms with Crippen molar-refractivity contribution < 1.29 is 4.74 Å². The Morgan fingerprint density at radius 2 is 1.08 bits per heavy atom. The van der Waals surface area contributed by atoms with Crippen molar-refractivity contribution >= 4 is 44.6 Å². The number of aromatic nitrogens is 2. The van der Waals surface area contributed by atoms with Gasteiger partial charge in [0.25, 0.3) is 0 Å². The van der Waals surface area contributed by atoms with Crippen LogP contribution in [0.3, 0.4) is 0 Å². The molecule has 0 amide bonds. The molecule has 0 atom stereocenters. The Bertz CT molecular complexity index is 2950. The van der Waals surface area contributed by atoms with Crippen molar-refractivity contribution in [3.05, 3.63) is 180 Å². The smallest absolute Gasteiger partial charge is 0.137 e. The molecule has 9 rings (SSSR count). The molecule has 0 unspecified atom stereocenters. The van der Waals surface area contributed by atoms with Crippen molar-refractivity contribution in [2.75, 3.05) is 16.5 Å². The van der Waals surface area contributed by atoms with E-state index in [-0.39, 0.29) is 21.7 Å². The highest BCUT2D eigenvalue weighted by atomic mass is 16.5. The van der Waals surface area contributed by atoms with Gasteiger partial charge in [0.2, 0.25) is 0 Å².